The summed E-state index contributed by atoms with van der Waals surface area (Å²) in [6, 6.07) is 15.0. The van der Waals surface area contributed by atoms with Crippen molar-refractivity contribution < 1.29 is 29.6 Å². The van der Waals surface area contributed by atoms with Gasteiger partial charge in [-0.3, -0.25) is 14.2 Å². The summed E-state index contributed by atoms with van der Waals surface area (Å²) in [6.45, 7) is 3.14. The number of likely N-dealkylation sites (N-methyl/N-ethyl adjacent to an activating group) is 1. The number of phenolic OH excluding ortho intramolecular Hbond substituents is 1. The Bertz CT molecular complexity index is 1610. The summed E-state index contributed by atoms with van der Waals surface area (Å²) in [5, 5.41) is 39.1. The maximum atomic E-state index is 12.3. The van der Waals surface area contributed by atoms with Crippen LogP contribution in [0.5, 0.6) is 5.75 Å². The van der Waals surface area contributed by atoms with E-state index in [1.54, 1.807) is 19.1 Å². The van der Waals surface area contributed by atoms with E-state index in [-0.39, 0.29) is 29.1 Å². The van der Waals surface area contributed by atoms with Crippen molar-refractivity contribution in [2.24, 2.45) is 0 Å². The molecule has 4 aromatic rings. The number of nitrogens with zero attached hydrogens (tertiary/aromatic N) is 4. The maximum Gasteiger partial charge on any atom is 0.252 e. The van der Waals surface area contributed by atoms with E-state index < -0.39 is 30.4 Å². The zero-order chi connectivity index (χ0) is 31.9. The van der Waals surface area contributed by atoms with E-state index in [1.165, 1.54) is 10.9 Å². The van der Waals surface area contributed by atoms with Gasteiger partial charge in [0.25, 0.3) is 5.91 Å². The van der Waals surface area contributed by atoms with E-state index in [0.717, 1.165) is 16.7 Å². The van der Waals surface area contributed by atoms with Crippen molar-refractivity contribution in [3.05, 3.63) is 71.5 Å². The minimum absolute atomic E-state index is 0.00775. The molecular formula is C31H38N8O6. The summed E-state index contributed by atoms with van der Waals surface area (Å²) in [4.78, 5) is 37.6. The Morgan fingerprint density at radius 3 is 2.24 bits per heavy atom. The molecule has 1 aliphatic rings. The van der Waals surface area contributed by atoms with Crippen LogP contribution in [0.3, 0.4) is 0 Å². The van der Waals surface area contributed by atoms with Crippen LogP contribution in [0.25, 0.3) is 11.2 Å². The number of hydrogen-bond donors (Lipinski definition) is 7. The second-order valence-electron chi connectivity index (χ2n) is 10.8. The van der Waals surface area contributed by atoms with Gasteiger partial charge in [-0.15, -0.1) is 0 Å². The first-order valence-electron chi connectivity index (χ1n) is 14.9. The second kappa shape index (κ2) is 14.3. The summed E-state index contributed by atoms with van der Waals surface area (Å²) in [6.07, 6.45) is -1.40. The van der Waals surface area contributed by atoms with Gasteiger partial charge in [-0.05, 0) is 55.0 Å². The van der Waals surface area contributed by atoms with E-state index in [1.807, 2.05) is 36.4 Å². The summed E-state index contributed by atoms with van der Waals surface area (Å²) >= 11 is 0. The van der Waals surface area contributed by atoms with Crippen LogP contribution in [0.2, 0.25) is 0 Å². The van der Waals surface area contributed by atoms with Crippen molar-refractivity contribution in [3.63, 3.8) is 0 Å². The molecule has 2 aromatic heterocycles. The van der Waals surface area contributed by atoms with Gasteiger partial charge in [-0.25, -0.2) is 4.98 Å². The van der Waals surface area contributed by atoms with Gasteiger partial charge in [-0.2, -0.15) is 9.97 Å². The molecule has 8 N–H and O–H groups in total. The monoisotopic (exact) mass is 618 g/mol. The van der Waals surface area contributed by atoms with Crippen LogP contribution in [0.1, 0.15) is 36.3 Å². The number of hydrogen-bond acceptors (Lipinski definition) is 11. The van der Waals surface area contributed by atoms with E-state index >= 15 is 0 Å². The average molecular weight is 619 g/mol. The largest absolute Gasteiger partial charge is 0.508 e. The van der Waals surface area contributed by atoms with Crippen molar-refractivity contribution in [2.45, 2.75) is 57.1 Å². The number of carbonyl (C=O) groups is 2. The van der Waals surface area contributed by atoms with Crippen LogP contribution in [0, 0.1) is 0 Å². The molecule has 0 saturated carbocycles. The molecular weight excluding hydrogens is 580 g/mol. The number of nitrogens with two attached hydrogens (primary N) is 1. The molecule has 2 amide bonds. The zero-order valence-corrected chi connectivity index (χ0v) is 24.9. The topological polar surface area (TPSA) is 210 Å². The third-order valence-electron chi connectivity index (χ3n) is 7.60. The molecule has 45 heavy (non-hydrogen) atoms. The second-order valence-corrected chi connectivity index (χ2v) is 10.8. The van der Waals surface area contributed by atoms with Crippen LogP contribution < -0.4 is 21.7 Å². The van der Waals surface area contributed by atoms with Gasteiger partial charge in [0.2, 0.25) is 11.9 Å². The molecule has 1 aliphatic heterocycles. The van der Waals surface area contributed by atoms with Crippen molar-refractivity contribution in [1.29, 1.82) is 0 Å². The number of benzene rings is 2. The molecule has 0 unspecified atom stereocenters. The van der Waals surface area contributed by atoms with E-state index in [9.17, 15) is 24.9 Å². The molecule has 0 radical (unpaired) electrons. The number of aromatic hydroxyl groups is 1. The van der Waals surface area contributed by atoms with Crippen molar-refractivity contribution in [3.8, 4) is 5.75 Å². The van der Waals surface area contributed by atoms with E-state index in [2.05, 4.69) is 30.9 Å². The van der Waals surface area contributed by atoms with Gasteiger partial charge in [-0.1, -0.05) is 36.4 Å². The van der Waals surface area contributed by atoms with Crippen LogP contribution in [0.4, 0.5) is 11.8 Å². The van der Waals surface area contributed by atoms with Crippen LogP contribution in [-0.4, -0.2) is 84.6 Å². The van der Waals surface area contributed by atoms with Crippen molar-refractivity contribution in [2.75, 3.05) is 30.7 Å². The number of aromatic nitrogens is 4. The lowest BCUT2D eigenvalue weighted by Gasteiger charge is -2.16. The summed E-state index contributed by atoms with van der Waals surface area (Å²) in [5.74, 6) is 0.0723. The summed E-state index contributed by atoms with van der Waals surface area (Å²) < 4.78 is 7.14. The molecule has 2 aromatic carbocycles. The lowest BCUT2D eigenvalue weighted by molar-refractivity contribution is -0.137. The smallest absolute Gasteiger partial charge is 0.252 e. The predicted octanol–water partition coefficient (Wildman–Crippen LogP) is 0.816. The SMILES string of the molecule is CCNC(=O)[C@H]1O[C@@H](n2cnc3c(N)nc(NCCc4ccc(CCC(=O)NCCc5ccc(O)cc5)cc4)nc32)[C@H](O)[C@@H]1O. The number of carbonyl (C=O) groups excluding carboxylic acids is 2. The van der Waals surface area contributed by atoms with Gasteiger partial charge in [0.05, 0.1) is 6.33 Å². The number of phenols is 1. The maximum absolute atomic E-state index is 12.3. The lowest BCUT2D eigenvalue weighted by Crippen LogP contribution is -2.42. The average Bonchev–Trinajstić information content (AvgIpc) is 3.58. The molecule has 14 nitrogen and oxygen atoms in total. The molecule has 14 heteroatoms. The summed E-state index contributed by atoms with van der Waals surface area (Å²) in [5.41, 5.74) is 9.91. The predicted molar refractivity (Wildman–Crippen MR) is 166 cm³/mol. The molecule has 5 rings (SSSR count). The molecule has 0 spiro atoms. The Kier molecular flexibility index (Phi) is 10.1. The molecule has 4 atom stereocenters. The Morgan fingerprint density at radius 2 is 1.56 bits per heavy atom. The fourth-order valence-electron chi connectivity index (χ4n) is 5.13. The van der Waals surface area contributed by atoms with Gasteiger partial charge in [0, 0.05) is 26.1 Å². The van der Waals surface area contributed by atoms with Crippen LogP contribution in [0.15, 0.2) is 54.9 Å². The highest BCUT2D eigenvalue weighted by atomic mass is 16.6. The van der Waals surface area contributed by atoms with Gasteiger partial charge < -0.3 is 41.7 Å². The van der Waals surface area contributed by atoms with E-state index in [4.69, 9.17) is 10.5 Å². The number of aryl methyl sites for hydroxylation is 1. The lowest BCUT2D eigenvalue weighted by atomic mass is 10.1. The Hall–Kier alpha value is -4.79. The third-order valence-corrected chi connectivity index (χ3v) is 7.60. The number of nitrogens with one attached hydrogen (secondary N) is 3. The first kappa shape index (κ1) is 31.6. The van der Waals surface area contributed by atoms with Gasteiger partial charge >= 0.3 is 0 Å². The number of ether oxygens (including phenoxy) is 1. The van der Waals surface area contributed by atoms with Gasteiger partial charge in [0.15, 0.2) is 23.8 Å². The Labute approximate surface area is 259 Å². The van der Waals surface area contributed by atoms with Crippen molar-refractivity contribution in [1.82, 2.24) is 30.2 Å². The van der Waals surface area contributed by atoms with Crippen LogP contribution in [-0.2, 0) is 33.6 Å². The minimum atomic E-state index is -1.43. The highest BCUT2D eigenvalue weighted by Crippen LogP contribution is 2.32. The van der Waals surface area contributed by atoms with Gasteiger partial charge in [0.1, 0.15) is 23.5 Å². The quantitative estimate of drug-likeness (QED) is 0.111. The molecule has 0 bridgehead atoms. The number of aliphatic hydroxyl groups excluding tert-OH is 2. The standard InChI is InChI=1S/C31H38N8O6/c1-2-33-29(44)26-24(42)25(43)30(45-26)39-17-36-23-27(32)37-31(38-28(23)39)35-16-14-19-5-3-18(4-6-19)9-12-22(41)34-15-13-20-7-10-21(40)11-8-20/h3-8,10-11,17,24-26,30,40,42-43H,2,9,12-16H2,1H3,(H,33,44)(H,34,41)(H3,32,35,37,38)/t24-,25+,26-,30+/m0/s1. The minimum Gasteiger partial charge on any atom is -0.508 e. The number of rotatable bonds is 13. The van der Waals surface area contributed by atoms with Crippen molar-refractivity contribution >= 4 is 34.7 Å². The molecule has 1 fully saturated rings. The number of aliphatic hydroxyl groups is 2. The fourth-order valence-corrected chi connectivity index (χ4v) is 5.13. The number of fused-ring (bicyclic) bond motifs is 1. The fraction of sp³-hybridized carbons (Fsp3) is 0.387. The first-order chi connectivity index (χ1) is 21.7. The molecule has 0 aliphatic carbocycles. The highest BCUT2D eigenvalue weighted by molar-refractivity contribution is 5.83. The zero-order valence-electron chi connectivity index (χ0n) is 24.9. The first-order valence-corrected chi connectivity index (χ1v) is 14.9. The third kappa shape index (κ3) is 7.66. The number of amides is 2. The molecule has 238 valence electrons. The number of anilines is 2. The number of imidazole rings is 1. The normalized spacial score (nSPS) is 19.4. The molecule has 1 saturated heterocycles. The Balaban J connectivity index is 1.11. The number of nitrogen functional groups attached to an aromatic ring is 1. The van der Waals surface area contributed by atoms with E-state index in [0.29, 0.717) is 50.8 Å². The summed E-state index contributed by atoms with van der Waals surface area (Å²) in [7, 11) is 0. The molecule has 3 heterocycles. The Morgan fingerprint density at radius 1 is 0.911 bits per heavy atom. The van der Waals surface area contributed by atoms with Crippen LogP contribution >= 0.6 is 0 Å². The highest BCUT2D eigenvalue weighted by Gasteiger charge is 2.47.